The van der Waals surface area contributed by atoms with Crippen LogP contribution in [0, 0.1) is 0 Å². The predicted molar refractivity (Wildman–Crippen MR) is 121 cm³/mol. The molecule has 5 heteroatoms. The predicted octanol–water partition coefficient (Wildman–Crippen LogP) is 4.68. The summed E-state index contributed by atoms with van der Waals surface area (Å²) in [5.41, 5.74) is 3.60. The first kappa shape index (κ1) is 21.5. The highest BCUT2D eigenvalue weighted by Gasteiger charge is 2.39. The normalized spacial score (nSPS) is 19.9. The molecule has 2 aromatic rings. The Morgan fingerprint density at radius 2 is 1.55 bits per heavy atom. The first-order chi connectivity index (χ1) is 15.1. The van der Waals surface area contributed by atoms with Gasteiger partial charge in [-0.25, -0.2) is 0 Å². The van der Waals surface area contributed by atoms with Crippen LogP contribution in [-0.4, -0.2) is 44.9 Å². The quantitative estimate of drug-likeness (QED) is 0.619. The van der Waals surface area contributed by atoms with Crippen molar-refractivity contribution in [3.8, 4) is 11.5 Å². The average Bonchev–Trinajstić information content (AvgIpc) is 3.29. The van der Waals surface area contributed by atoms with Crippen LogP contribution in [0.3, 0.4) is 0 Å². The maximum absolute atomic E-state index is 6.15. The molecular formula is C26H31NO4. The van der Waals surface area contributed by atoms with E-state index in [1.54, 1.807) is 14.2 Å². The van der Waals surface area contributed by atoms with Crippen LogP contribution in [-0.2, 0) is 21.7 Å². The number of rotatable bonds is 8. The van der Waals surface area contributed by atoms with Gasteiger partial charge in [0.15, 0.2) is 5.79 Å². The first-order valence-electron chi connectivity index (χ1n) is 10.8. The molecule has 1 atom stereocenters. The standard InChI is InChI=1S/C26H31NO4/c1-20-12-14-27(23(18-20)19-21-4-8-24(28-2)9-5-21)15-13-26(30-16-17-31-26)22-6-10-25(29-3)11-7-22/h4-12,14,18,23H,13,15-17,19H2,1-3H3. The summed E-state index contributed by atoms with van der Waals surface area (Å²) in [6.07, 6.45) is 8.38. The van der Waals surface area contributed by atoms with Gasteiger partial charge in [-0.1, -0.05) is 23.8 Å². The Morgan fingerprint density at radius 1 is 0.935 bits per heavy atom. The van der Waals surface area contributed by atoms with E-state index in [9.17, 15) is 0 Å². The van der Waals surface area contributed by atoms with Crippen LogP contribution >= 0.6 is 0 Å². The number of nitrogens with zero attached hydrogens (tertiary/aromatic N) is 1. The number of benzene rings is 2. The molecule has 4 rings (SSSR count). The third-order valence-corrected chi connectivity index (χ3v) is 6.00. The van der Waals surface area contributed by atoms with Gasteiger partial charge in [0.05, 0.1) is 33.5 Å². The molecule has 0 aliphatic carbocycles. The van der Waals surface area contributed by atoms with Crippen molar-refractivity contribution >= 4 is 0 Å². The fraction of sp³-hybridized carbons (Fsp3) is 0.385. The summed E-state index contributed by atoms with van der Waals surface area (Å²) >= 11 is 0. The van der Waals surface area contributed by atoms with Crippen molar-refractivity contribution in [1.29, 1.82) is 0 Å². The maximum atomic E-state index is 6.15. The third-order valence-electron chi connectivity index (χ3n) is 6.00. The highest BCUT2D eigenvalue weighted by molar-refractivity contribution is 5.32. The minimum atomic E-state index is -0.707. The number of methoxy groups -OCH3 is 2. The SMILES string of the molecule is COc1ccc(CC2C=C(C)C=CN2CCC2(c3ccc(OC)cc3)OCCO2)cc1. The van der Waals surface area contributed by atoms with Gasteiger partial charge < -0.3 is 23.8 Å². The van der Waals surface area contributed by atoms with Gasteiger partial charge in [0, 0.05) is 18.5 Å². The van der Waals surface area contributed by atoms with E-state index < -0.39 is 5.79 Å². The molecule has 0 aromatic heterocycles. The largest absolute Gasteiger partial charge is 0.497 e. The van der Waals surface area contributed by atoms with Crippen molar-refractivity contribution < 1.29 is 18.9 Å². The fourth-order valence-electron chi connectivity index (χ4n) is 4.23. The Balaban J connectivity index is 1.48. The zero-order chi connectivity index (χ0) is 21.7. The highest BCUT2D eigenvalue weighted by atomic mass is 16.7. The molecule has 0 saturated carbocycles. The Hall–Kier alpha value is -2.76. The van der Waals surface area contributed by atoms with Crippen LogP contribution in [0.15, 0.2) is 72.5 Å². The van der Waals surface area contributed by atoms with Crippen molar-refractivity contribution in [3.05, 3.63) is 83.6 Å². The summed E-state index contributed by atoms with van der Waals surface area (Å²) in [5, 5.41) is 0. The lowest BCUT2D eigenvalue weighted by atomic mass is 9.98. The minimum Gasteiger partial charge on any atom is -0.497 e. The van der Waals surface area contributed by atoms with E-state index in [1.807, 2.05) is 36.4 Å². The lowest BCUT2D eigenvalue weighted by Gasteiger charge is -2.35. The molecule has 2 heterocycles. The summed E-state index contributed by atoms with van der Waals surface area (Å²) in [5.74, 6) is 1.00. The molecule has 31 heavy (non-hydrogen) atoms. The molecule has 0 N–H and O–H groups in total. The summed E-state index contributed by atoms with van der Waals surface area (Å²) in [6, 6.07) is 16.6. The Kier molecular flexibility index (Phi) is 6.64. The van der Waals surface area contributed by atoms with Crippen LogP contribution in [0.4, 0.5) is 0 Å². The van der Waals surface area contributed by atoms with E-state index >= 15 is 0 Å². The molecule has 2 aliphatic rings. The molecule has 0 bridgehead atoms. The van der Waals surface area contributed by atoms with E-state index in [0.29, 0.717) is 13.2 Å². The van der Waals surface area contributed by atoms with Gasteiger partial charge in [-0.2, -0.15) is 0 Å². The summed E-state index contributed by atoms with van der Waals surface area (Å²) in [4.78, 5) is 2.38. The molecular weight excluding hydrogens is 390 g/mol. The third kappa shape index (κ3) is 4.94. The van der Waals surface area contributed by atoms with Gasteiger partial charge in [0.25, 0.3) is 0 Å². The van der Waals surface area contributed by atoms with Gasteiger partial charge in [0.1, 0.15) is 11.5 Å². The number of hydrogen-bond acceptors (Lipinski definition) is 5. The van der Waals surface area contributed by atoms with Gasteiger partial charge in [-0.3, -0.25) is 0 Å². The molecule has 2 aromatic carbocycles. The highest BCUT2D eigenvalue weighted by Crippen LogP contribution is 2.36. The van der Waals surface area contributed by atoms with Crippen molar-refractivity contribution in [3.63, 3.8) is 0 Å². The Morgan fingerprint density at radius 3 is 2.16 bits per heavy atom. The van der Waals surface area contributed by atoms with Crippen LogP contribution in [0.2, 0.25) is 0 Å². The van der Waals surface area contributed by atoms with Crippen molar-refractivity contribution in [2.45, 2.75) is 31.6 Å². The Labute approximate surface area is 184 Å². The maximum Gasteiger partial charge on any atom is 0.196 e. The molecule has 1 fully saturated rings. The van der Waals surface area contributed by atoms with E-state index in [4.69, 9.17) is 18.9 Å². The van der Waals surface area contributed by atoms with E-state index in [0.717, 1.165) is 36.4 Å². The lowest BCUT2D eigenvalue weighted by Crippen LogP contribution is -2.38. The van der Waals surface area contributed by atoms with Gasteiger partial charge in [-0.15, -0.1) is 0 Å². The Bertz CT molecular complexity index is 911. The molecule has 1 unspecified atom stereocenters. The van der Waals surface area contributed by atoms with Crippen molar-refractivity contribution in [1.82, 2.24) is 4.90 Å². The zero-order valence-corrected chi connectivity index (χ0v) is 18.5. The molecule has 5 nitrogen and oxygen atoms in total. The smallest absolute Gasteiger partial charge is 0.196 e. The van der Waals surface area contributed by atoms with Gasteiger partial charge >= 0.3 is 0 Å². The second kappa shape index (κ2) is 9.58. The molecule has 2 aliphatic heterocycles. The van der Waals surface area contributed by atoms with Crippen LogP contribution in [0.25, 0.3) is 0 Å². The topological polar surface area (TPSA) is 40.2 Å². The lowest BCUT2D eigenvalue weighted by molar-refractivity contribution is -0.172. The summed E-state index contributed by atoms with van der Waals surface area (Å²) in [7, 11) is 3.37. The molecule has 0 radical (unpaired) electrons. The second-order valence-electron chi connectivity index (χ2n) is 8.01. The molecule has 164 valence electrons. The monoisotopic (exact) mass is 421 g/mol. The van der Waals surface area contributed by atoms with Gasteiger partial charge in [0.2, 0.25) is 0 Å². The van der Waals surface area contributed by atoms with E-state index in [1.165, 1.54) is 11.1 Å². The van der Waals surface area contributed by atoms with E-state index in [-0.39, 0.29) is 6.04 Å². The summed E-state index contributed by atoms with van der Waals surface area (Å²) < 4.78 is 22.9. The fourth-order valence-corrected chi connectivity index (χ4v) is 4.23. The number of ether oxygens (including phenoxy) is 4. The van der Waals surface area contributed by atoms with E-state index in [2.05, 4.69) is 42.3 Å². The summed E-state index contributed by atoms with van der Waals surface area (Å²) in [6.45, 7) is 4.19. The van der Waals surface area contributed by atoms with Crippen LogP contribution < -0.4 is 9.47 Å². The second-order valence-corrected chi connectivity index (χ2v) is 8.01. The average molecular weight is 422 g/mol. The number of allylic oxidation sites excluding steroid dienone is 2. The van der Waals surface area contributed by atoms with Crippen LogP contribution in [0.1, 0.15) is 24.5 Å². The molecule has 1 saturated heterocycles. The minimum absolute atomic E-state index is 0.285. The molecule has 0 spiro atoms. The molecule has 0 amide bonds. The van der Waals surface area contributed by atoms with Gasteiger partial charge in [-0.05, 0) is 67.6 Å². The van der Waals surface area contributed by atoms with Crippen molar-refractivity contribution in [2.24, 2.45) is 0 Å². The first-order valence-corrected chi connectivity index (χ1v) is 10.8. The zero-order valence-electron chi connectivity index (χ0n) is 18.5. The number of hydrogen-bond donors (Lipinski definition) is 0. The van der Waals surface area contributed by atoms with Crippen LogP contribution in [0.5, 0.6) is 11.5 Å². The van der Waals surface area contributed by atoms with Crippen molar-refractivity contribution in [2.75, 3.05) is 34.0 Å².